The number of rotatable bonds is 7. The molecule has 0 aromatic heterocycles. The van der Waals surface area contributed by atoms with Crippen molar-refractivity contribution in [1.29, 1.82) is 0 Å². The second-order valence-electron chi connectivity index (χ2n) is 9.07. The summed E-state index contributed by atoms with van der Waals surface area (Å²) in [6.07, 6.45) is -4.43. The minimum absolute atomic E-state index is 0.0431. The van der Waals surface area contributed by atoms with Gasteiger partial charge < -0.3 is 14.5 Å². The van der Waals surface area contributed by atoms with Crippen LogP contribution in [0.15, 0.2) is 71.6 Å². The van der Waals surface area contributed by atoms with Crippen molar-refractivity contribution in [2.75, 3.05) is 45.2 Å². The van der Waals surface area contributed by atoms with Gasteiger partial charge in [-0.05, 0) is 60.7 Å². The Kier molecular flexibility index (Phi) is 8.43. The zero-order valence-corrected chi connectivity index (χ0v) is 22.9. The molecule has 1 aliphatic heterocycles. The summed E-state index contributed by atoms with van der Waals surface area (Å²) in [5.74, 6) is 0.171. The molecule has 3 aromatic carbocycles. The highest BCUT2D eigenvalue weighted by molar-refractivity contribution is 7.89. The number of hydrogen-bond acceptors (Lipinski definition) is 5. The molecular formula is C27H27ClF3N3O4S. The van der Waals surface area contributed by atoms with Crippen LogP contribution in [0.25, 0.3) is 0 Å². The van der Waals surface area contributed by atoms with E-state index in [1.165, 1.54) is 44.5 Å². The summed E-state index contributed by atoms with van der Waals surface area (Å²) in [6, 6.07) is 15.8. The van der Waals surface area contributed by atoms with Crippen molar-refractivity contribution in [3.63, 3.8) is 0 Å². The molecule has 7 nitrogen and oxygen atoms in total. The van der Waals surface area contributed by atoms with Crippen LogP contribution in [-0.4, -0.2) is 63.9 Å². The average molecular weight is 582 g/mol. The molecular weight excluding hydrogens is 555 g/mol. The van der Waals surface area contributed by atoms with E-state index in [0.29, 0.717) is 53.8 Å². The topological polar surface area (TPSA) is 70.2 Å². The molecule has 0 N–H and O–H groups in total. The molecule has 0 bridgehead atoms. The van der Waals surface area contributed by atoms with E-state index < -0.39 is 21.8 Å². The number of hydrogen-bond donors (Lipinski definition) is 0. The zero-order chi connectivity index (χ0) is 28.4. The predicted octanol–water partition coefficient (Wildman–Crippen LogP) is 5.15. The number of halogens is 4. The van der Waals surface area contributed by atoms with Crippen LogP contribution in [0, 0.1) is 0 Å². The summed E-state index contributed by atoms with van der Waals surface area (Å²) in [5.41, 5.74) is 0.600. The second kappa shape index (κ2) is 11.4. The lowest BCUT2D eigenvalue weighted by Crippen LogP contribution is -2.48. The van der Waals surface area contributed by atoms with Crippen LogP contribution in [0.5, 0.6) is 5.75 Å². The first kappa shape index (κ1) is 28.7. The van der Waals surface area contributed by atoms with Crippen molar-refractivity contribution in [2.24, 2.45) is 0 Å². The number of ether oxygens (including phenoxy) is 1. The van der Waals surface area contributed by atoms with Crippen LogP contribution in [0.2, 0.25) is 5.02 Å². The molecule has 1 heterocycles. The van der Waals surface area contributed by atoms with Crippen LogP contribution >= 0.6 is 11.6 Å². The summed E-state index contributed by atoms with van der Waals surface area (Å²) >= 11 is 5.88. The zero-order valence-electron chi connectivity index (χ0n) is 21.3. The second-order valence-corrected chi connectivity index (χ2v) is 11.6. The Balaban J connectivity index is 1.47. The first-order chi connectivity index (χ1) is 18.4. The van der Waals surface area contributed by atoms with Gasteiger partial charge in [0.1, 0.15) is 5.75 Å². The van der Waals surface area contributed by atoms with Gasteiger partial charge in [-0.25, -0.2) is 8.42 Å². The third-order valence-electron chi connectivity index (χ3n) is 6.55. The van der Waals surface area contributed by atoms with E-state index in [1.807, 2.05) is 4.90 Å². The largest absolute Gasteiger partial charge is 0.496 e. The highest BCUT2D eigenvalue weighted by atomic mass is 35.5. The molecule has 208 valence electrons. The Morgan fingerprint density at radius 2 is 1.67 bits per heavy atom. The highest BCUT2D eigenvalue weighted by Gasteiger charge is 2.31. The van der Waals surface area contributed by atoms with Gasteiger partial charge in [0.05, 0.1) is 17.6 Å². The molecule has 0 radical (unpaired) electrons. The summed E-state index contributed by atoms with van der Waals surface area (Å²) in [6.45, 7) is 1.34. The highest BCUT2D eigenvalue weighted by Crippen LogP contribution is 2.32. The van der Waals surface area contributed by atoms with Crippen LogP contribution in [0.3, 0.4) is 0 Å². The number of sulfonamides is 1. The fourth-order valence-electron chi connectivity index (χ4n) is 4.38. The van der Waals surface area contributed by atoms with E-state index in [-0.39, 0.29) is 17.3 Å². The standard InChI is InChI=1S/C27H27ClF3N3O4S/c1-32(39(36,37)24-9-7-22(28)8-10-24)18-20-16-19(6-11-25(20)38-2)26(35)34-14-12-33(13-15-34)23-5-3-4-21(17-23)27(29,30)31/h3-11,16-17H,12-15,18H2,1-2H3. The van der Waals surface area contributed by atoms with Gasteiger partial charge in [0.25, 0.3) is 5.91 Å². The molecule has 3 aromatic rings. The predicted molar refractivity (Wildman–Crippen MR) is 143 cm³/mol. The SMILES string of the molecule is COc1ccc(C(=O)N2CCN(c3cccc(C(F)(F)F)c3)CC2)cc1CN(C)S(=O)(=O)c1ccc(Cl)cc1. The van der Waals surface area contributed by atoms with Crippen molar-refractivity contribution in [3.8, 4) is 5.75 Å². The summed E-state index contributed by atoms with van der Waals surface area (Å²) in [5, 5.41) is 0.417. The maximum Gasteiger partial charge on any atom is 0.416 e. The van der Waals surface area contributed by atoms with Gasteiger partial charge in [0, 0.05) is 61.6 Å². The summed E-state index contributed by atoms with van der Waals surface area (Å²) in [4.78, 5) is 16.8. The van der Waals surface area contributed by atoms with Crippen LogP contribution < -0.4 is 9.64 Å². The van der Waals surface area contributed by atoms with E-state index in [2.05, 4.69) is 0 Å². The molecule has 12 heteroatoms. The lowest BCUT2D eigenvalue weighted by Gasteiger charge is -2.36. The number of carbonyl (C=O) groups excluding carboxylic acids is 1. The molecule has 0 aliphatic carbocycles. The van der Waals surface area contributed by atoms with Crippen LogP contribution in [-0.2, 0) is 22.7 Å². The van der Waals surface area contributed by atoms with Crippen LogP contribution in [0.4, 0.5) is 18.9 Å². The Labute approximate surface area is 230 Å². The van der Waals surface area contributed by atoms with Gasteiger partial charge in [0.2, 0.25) is 10.0 Å². The van der Waals surface area contributed by atoms with Gasteiger partial charge in [0.15, 0.2) is 0 Å². The lowest BCUT2D eigenvalue weighted by molar-refractivity contribution is -0.137. The Morgan fingerprint density at radius 3 is 2.28 bits per heavy atom. The third kappa shape index (κ3) is 6.48. The number of piperazine rings is 1. The fraction of sp³-hybridized carbons (Fsp3) is 0.296. The molecule has 4 rings (SSSR count). The molecule has 0 saturated carbocycles. The molecule has 1 fully saturated rings. The van der Waals surface area contributed by atoms with Gasteiger partial charge in [-0.3, -0.25) is 4.79 Å². The average Bonchev–Trinajstić information content (AvgIpc) is 2.92. The van der Waals surface area contributed by atoms with E-state index in [1.54, 1.807) is 29.2 Å². The van der Waals surface area contributed by atoms with Crippen LogP contribution in [0.1, 0.15) is 21.5 Å². The first-order valence-electron chi connectivity index (χ1n) is 12.0. The lowest BCUT2D eigenvalue weighted by atomic mass is 10.1. The smallest absolute Gasteiger partial charge is 0.416 e. The number of methoxy groups -OCH3 is 1. The molecule has 0 unspecified atom stereocenters. The van der Waals surface area contributed by atoms with Gasteiger partial charge in [-0.15, -0.1) is 0 Å². The number of amides is 1. The van der Waals surface area contributed by atoms with Crippen molar-refractivity contribution in [1.82, 2.24) is 9.21 Å². The first-order valence-corrected chi connectivity index (χ1v) is 13.8. The number of nitrogens with zero attached hydrogens (tertiary/aromatic N) is 3. The normalized spacial score (nSPS) is 14.5. The Hall–Kier alpha value is -3.28. The van der Waals surface area contributed by atoms with E-state index in [0.717, 1.165) is 16.4 Å². The molecule has 0 atom stereocenters. The van der Waals surface area contributed by atoms with Gasteiger partial charge in [-0.2, -0.15) is 17.5 Å². The van der Waals surface area contributed by atoms with E-state index in [9.17, 15) is 26.4 Å². The van der Waals surface area contributed by atoms with Crippen molar-refractivity contribution >= 4 is 33.2 Å². The third-order valence-corrected chi connectivity index (χ3v) is 8.62. The van der Waals surface area contributed by atoms with Gasteiger partial charge >= 0.3 is 6.18 Å². The number of benzene rings is 3. The minimum Gasteiger partial charge on any atom is -0.496 e. The molecule has 1 saturated heterocycles. The van der Waals surface area contributed by atoms with E-state index >= 15 is 0 Å². The summed E-state index contributed by atoms with van der Waals surface area (Å²) < 4.78 is 71.9. The fourth-order valence-corrected chi connectivity index (χ4v) is 5.65. The van der Waals surface area contributed by atoms with Gasteiger partial charge in [-0.1, -0.05) is 17.7 Å². The van der Waals surface area contributed by atoms with Crippen molar-refractivity contribution in [3.05, 3.63) is 88.4 Å². The minimum atomic E-state index is -4.43. The molecule has 0 spiro atoms. The number of alkyl halides is 3. The van der Waals surface area contributed by atoms with Crippen molar-refractivity contribution < 1.29 is 31.1 Å². The Bertz CT molecular complexity index is 1440. The molecule has 1 amide bonds. The van der Waals surface area contributed by atoms with E-state index in [4.69, 9.17) is 16.3 Å². The number of anilines is 1. The Morgan fingerprint density at radius 1 is 1.00 bits per heavy atom. The summed E-state index contributed by atoms with van der Waals surface area (Å²) in [7, 11) is -0.935. The maximum absolute atomic E-state index is 13.3. The monoisotopic (exact) mass is 581 g/mol. The molecule has 1 aliphatic rings. The number of carbonyl (C=O) groups is 1. The molecule has 39 heavy (non-hydrogen) atoms. The van der Waals surface area contributed by atoms with Crippen molar-refractivity contribution in [2.45, 2.75) is 17.6 Å². The quantitative estimate of drug-likeness (QED) is 0.386. The maximum atomic E-state index is 13.3.